The number of carbonyl (C=O) groups excluding carboxylic acids is 1. The second kappa shape index (κ2) is 3.51. The van der Waals surface area contributed by atoms with Gasteiger partial charge in [-0.15, -0.1) is 0 Å². The maximum Gasteiger partial charge on any atom is 0.239 e. The average Bonchev–Trinajstić information content (AvgIpc) is 2.14. The largest absolute Gasteiger partial charge is 0.341 e. The zero-order valence-electron chi connectivity index (χ0n) is 8.75. The van der Waals surface area contributed by atoms with Crippen LogP contribution in [0.4, 0.5) is 0 Å². The molecule has 2 fully saturated rings. The van der Waals surface area contributed by atoms with Gasteiger partial charge in [0.15, 0.2) is 0 Å². The number of hydrogen-bond acceptors (Lipinski definition) is 3. The minimum absolute atomic E-state index is 0.0965. The number of nitrogens with zero attached hydrogens (tertiary/aromatic N) is 1. The highest BCUT2D eigenvalue weighted by Crippen LogP contribution is 2.30. The van der Waals surface area contributed by atoms with Crippen LogP contribution in [0, 0.1) is 0 Å². The number of nitrogens with one attached hydrogen (secondary N) is 1. The summed E-state index contributed by atoms with van der Waals surface area (Å²) in [4.78, 5) is 13.5. The molecule has 2 aliphatic rings. The molecule has 0 saturated carbocycles. The van der Waals surface area contributed by atoms with Crippen molar-refractivity contribution in [1.29, 1.82) is 0 Å². The average molecular weight is 197 g/mol. The Kier molecular flexibility index (Phi) is 2.49. The number of hydrogen-bond donors (Lipinski definition) is 2. The highest BCUT2D eigenvalue weighted by atomic mass is 16.2. The summed E-state index contributed by atoms with van der Waals surface area (Å²) in [5, 5.41) is 3.48. The van der Waals surface area contributed by atoms with Crippen LogP contribution in [0.5, 0.6) is 0 Å². The molecule has 1 spiro atoms. The summed E-state index contributed by atoms with van der Waals surface area (Å²) >= 11 is 0. The van der Waals surface area contributed by atoms with Crippen LogP contribution >= 0.6 is 0 Å². The fourth-order valence-corrected chi connectivity index (χ4v) is 2.35. The monoisotopic (exact) mass is 197 g/mol. The highest BCUT2D eigenvalue weighted by Gasteiger charge is 2.40. The van der Waals surface area contributed by atoms with Gasteiger partial charge in [0.05, 0.1) is 6.04 Å². The van der Waals surface area contributed by atoms with E-state index in [1.165, 1.54) is 6.42 Å². The van der Waals surface area contributed by atoms with Crippen LogP contribution in [-0.2, 0) is 4.79 Å². The standard InChI is InChI=1S/C10H19N3O/c1-8(11)9(14)13-6-3-10(4-7-13)2-5-12-10/h8,12H,2-7,11H2,1H3/t8-/m1/s1. The van der Waals surface area contributed by atoms with E-state index in [1.807, 2.05) is 4.90 Å². The van der Waals surface area contributed by atoms with Crippen molar-refractivity contribution in [3.63, 3.8) is 0 Å². The summed E-state index contributed by atoms with van der Waals surface area (Å²) in [5.41, 5.74) is 5.94. The Hall–Kier alpha value is -0.610. The van der Waals surface area contributed by atoms with Crippen LogP contribution in [0.25, 0.3) is 0 Å². The molecule has 0 aromatic heterocycles. The third-order valence-corrected chi connectivity index (χ3v) is 3.53. The van der Waals surface area contributed by atoms with Gasteiger partial charge in [0.2, 0.25) is 5.91 Å². The van der Waals surface area contributed by atoms with E-state index in [4.69, 9.17) is 5.73 Å². The van der Waals surface area contributed by atoms with E-state index in [0.29, 0.717) is 5.54 Å². The molecule has 80 valence electrons. The summed E-state index contributed by atoms with van der Waals surface area (Å²) in [6.45, 7) is 4.64. The molecule has 4 nitrogen and oxygen atoms in total. The molecule has 2 rings (SSSR count). The lowest BCUT2D eigenvalue weighted by atomic mass is 9.79. The van der Waals surface area contributed by atoms with E-state index in [1.54, 1.807) is 6.92 Å². The summed E-state index contributed by atoms with van der Waals surface area (Å²) in [5.74, 6) is 0.0965. The number of amides is 1. The van der Waals surface area contributed by atoms with Gasteiger partial charge in [-0.05, 0) is 32.7 Å². The minimum Gasteiger partial charge on any atom is -0.341 e. The van der Waals surface area contributed by atoms with Gasteiger partial charge in [0, 0.05) is 18.6 Å². The molecule has 4 heteroatoms. The van der Waals surface area contributed by atoms with E-state index in [2.05, 4.69) is 5.32 Å². The topological polar surface area (TPSA) is 58.4 Å². The maximum atomic E-state index is 11.6. The lowest BCUT2D eigenvalue weighted by Gasteiger charge is -2.49. The molecule has 1 atom stereocenters. The summed E-state index contributed by atoms with van der Waals surface area (Å²) in [6, 6.07) is -0.349. The quantitative estimate of drug-likeness (QED) is 0.606. The molecular formula is C10H19N3O. The van der Waals surface area contributed by atoms with Crippen molar-refractivity contribution in [2.75, 3.05) is 19.6 Å². The second-order valence-corrected chi connectivity index (χ2v) is 4.57. The molecule has 2 saturated heterocycles. The third-order valence-electron chi connectivity index (χ3n) is 3.53. The van der Waals surface area contributed by atoms with E-state index in [-0.39, 0.29) is 11.9 Å². The SMILES string of the molecule is C[C@@H](N)C(=O)N1CCC2(CCN2)CC1. The van der Waals surface area contributed by atoms with Gasteiger partial charge in [0.25, 0.3) is 0 Å². The van der Waals surface area contributed by atoms with Crippen LogP contribution < -0.4 is 11.1 Å². The van der Waals surface area contributed by atoms with Gasteiger partial charge < -0.3 is 16.0 Å². The highest BCUT2D eigenvalue weighted by molar-refractivity contribution is 5.81. The fourth-order valence-electron chi connectivity index (χ4n) is 2.35. The van der Waals surface area contributed by atoms with Crippen LogP contribution in [0.2, 0.25) is 0 Å². The summed E-state index contributed by atoms with van der Waals surface area (Å²) in [6.07, 6.45) is 3.45. The first-order valence-electron chi connectivity index (χ1n) is 5.42. The number of carbonyl (C=O) groups is 1. The van der Waals surface area contributed by atoms with E-state index >= 15 is 0 Å². The van der Waals surface area contributed by atoms with Gasteiger partial charge in [0.1, 0.15) is 0 Å². The van der Waals surface area contributed by atoms with Gasteiger partial charge in [-0.1, -0.05) is 0 Å². The Morgan fingerprint density at radius 2 is 2.00 bits per heavy atom. The van der Waals surface area contributed by atoms with Crippen molar-refractivity contribution < 1.29 is 4.79 Å². The number of likely N-dealkylation sites (tertiary alicyclic amines) is 1. The van der Waals surface area contributed by atoms with Crippen LogP contribution in [0.3, 0.4) is 0 Å². The molecule has 1 amide bonds. The predicted molar refractivity (Wildman–Crippen MR) is 54.8 cm³/mol. The first-order chi connectivity index (χ1) is 6.63. The Balaban J connectivity index is 1.86. The summed E-state index contributed by atoms with van der Waals surface area (Å²) in [7, 11) is 0. The molecule has 2 heterocycles. The van der Waals surface area contributed by atoms with E-state index in [9.17, 15) is 4.79 Å². The van der Waals surface area contributed by atoms with Crippen molar-refractivity contribution in [3.8, 4) is 0 Å². The molecule has 0 aromatic carbocycles. The first kappa shape index (κ1) is 9.93. The Labute approximate surface area is 84.8 Å². The smallest absolute Gasteiger partial charge is 0.239 e. The van der Waals surface area contributed by atoms with Crippen LogP contribution in [0.15, 0.2) is 0 Å². The summed E-state index contributed by atoms with van der Waals surface area (Å²) < 4.78 is 0. The van der Waals surface area contributed by atoms with Crippen LogP contribution in [0.1, 0.15) is 26.2 Å². The molecule has 3 N–H and O–H groups in total. The van der Waals surface area contributed by atoms with Crippen molar-refractivity contribution in [1.82, 2.24) is 10.2 Å². The minimum atomic E-state index is -0.349. The predicted octanol–water partition coefficient (Wildman–Crippen LogP) is -0.312. The van der Waals surface area contributed by atoms with Gasteiger partial charge in [-0.2, -0.15) is 0 Å². The zero-order valence-corrected chi connectivity index (χ0v) is 8.75. The van der Waals surface area contributed by atoms with Crippen molar-refractivity contribution in [3.05, 3.63) is 0 Å². The second-order valence-electron chi connectivity index (χ2n) is 4.57. The Morgan fingerprint density at radius 1 is 1.43 bits per heavy atom. The Bertz CT molecular complexity index is 226. The number of rotatable bonds is 1. The Morgan fingerprint density at radius 3 is 2.36 bits per heavy atom. The first-order valence-corrected chi connectivity index (χ1v) is 5.42. The normalized spacial score (nSPS) is 27.1. The lowest BCUT2D eigenvalue weighted by Crippen LogP contribution is -2.63. The number of nitrogens with two attached hydrogens (primary N) is 1. The van der Waals surface area contributed by atoms with Gasteiger partial charge in [-0.25, -0.2) is 0 Å². The zero-order chi connectivity index (χ0) is 10.2. The molecule has 0 bridgehead atoms. The molecule has 0 aromatic rings. The molecule has 0 aliphatic carbocycles. The third kappa shape index (κ3) is 1.64. The number of piperidine rings is 1. The molecule has 14 heavy (non-hydrogen) atoms. The molecule has 0 radical (unpaired) electrons. The maximum absolute atomic E-state index is 11.6. The van der Waals surface area contributed by atoms with E-state index in [0.717, 1.165) is 32.5 Å². The molecular weight excluding hydrogens is 178 g/mol. The van der Waals surface area contributed by atoms with E-state index < -0.39 is 0 Å². The molecule has 2 aliphatic heterocycles. The van der Waals surface area contributed by atoms with Crippen LogP contribution in [-0.4, -0.2) is 42.0 Å². The molecule has 0 unspecified atom stereocenters. The van der Waals surface area contributed by atoms with Gasteiger partial charge >= 0.3 is 0 Å². The fraction of sp³-hybridized carbons (Fsp3) is 0.900. The lowest BCUT2D eigenvalue weighted by molar-refractivity contribution is -0.134. The van der Waals surface area contributed by atoms with Crippen molar-refractivity contribution >= 4 is 5.91 Å². The van der Waals surface area contributed by atoms with Crippen molar-refractivity contribution in [2.45, 2.75) is 37.8 Å². The van der Waals surface area contributed by atoms with Crippen molar-refractivity contribution in [2.24, 2.45) is 5.73 Å². The van der Waals surface area contributed by atoms with Gasteiger partial charge in [-0.3, -0.25) is 4.79 Å².